The molecule has 0 saturated carbocycles. The lowest BCUT2D eigenvalue weighted by atomic mass is 10.1. The maximum atomic E-state index is 12.9. The number of ether oxygens (including phenoxy) is 1. The van der Waals surface area contributed by atoms with Gasteiger partial charge in [-0.15, -0.1) is 0 Å². The second-order valence-electron chi connectivity index (χ2n) is 6.22. The highest BCUT2D eigenvalue weighted by atomic mass is 35.5. The van der Waals surface area contributed by atoms with E-state index in [1.165, 1.54) is 40.6 Å². The van der Waals surface area contributed by atoms with E-state index in [2.05, 4.69) is 0 Å². The fourth-order valence-corrected chi connectivity index (χ4v) is 6.21. The molecule has 1 saturated heterocycles. The third-order valence-corrected chi connectivity index (χ3v) is 7.91. The van der Waals surface area contributed by atoms with Crippen molar-refractivity contribution in [2.24, 2.45) is 0 Å². The van der Waals surface area contributed by atoms with Gasteiger partial charge in [0.2, 0.25) is 10.0 Å². The molecule has 0 N–H and O–H groups in total. The number of sulfonamides is 1. The van der Waals surface area contributed by atoms with Crippen molar-refractivity contribution in [1.29, 1.82) is 0 Å². The van der Waals surface area contributed by atoms with Crippen molar-refractivity contribution in [3.05, 3.63) is 56.0 Å². The molecule has 1 aliphatic heterocycles. The van der Waals surface area contributed by atoms with Crippen LogP contribution < -0.4 is 4.74 Å². The number of benzene rings is 2. The van der Waals surface area contributed by atoms with Crippen LogP contribution in [0.1, 0.15) is 10.4 Å². The molecule has 11 heteroatoms. The van der Waals surface area contributed by atoms with Crippen molar-refractivity contribution in [3.63, 3.8) is 0 Å². The second-order valence-corrected chi connectivity index (χ2v) is 9.72. The summed E-state index contributed by atoms with van der Waals surface area (Å²) in [6, 6.07) is 7.46. The van der Waals surface area contributed by atoms with E-state index in [9.17, 15) is 13.2 Å². The minimum absolute atomic E-state index is 0.0542. The molecule has 2 aromatic rings. The Kier molecular flexibility index (Phi) is 6.88. The fraction of sp³-hybridized carbons (Fsp3) is 0.278. The molecule has 0 aliphatic carbocycles. The highest BCUT2D eigenvalue weighted by Crippen LogP contribution is 2.35. The molecule has 1 fully saturated rings. The summed E-state index contributed by atoms with van der Waals surface area (Å²) in [7, 11) is -2.46. The van der Waals surface area contributed by atoms with Crippen LogP contribution in [0.2, 0.25) is 20.1 Å². The molecular formula is C18H16Cl4N2O4S. The van der Waals surface area contributed by atoms with E-state index < -0.39 is 10.0 Å². The highest BCUT2D eigenvalue weighted by Gasteiger charge is 2.33. The van der Waals surface area contributed by atoms with Gasteiger partial charge in [0.1, 0.15) is 4.90 Å². The Labute approximate surface area is 188 Å². The maximum Gasteiger partial charge on any atom is 0.254 e. The quantitative estimate of drug-likeness (QED) is 0.625. The third kappa shape index (κ3) is 4.45. The van der Waals surface area contributed by atoms with Gasteiger partial charge in [-0.3, -0.25) is 4.79 Å². The SMILES string of the molecule is COc1c(Cl)cc(C(=O)N2CCN(S(=O)(=O)c3c(Cl)cccc3Cl)CC2)cc1Cl. The minimum atomic E-state index is -3.89. The van der Waals surface area contributed by atoms with Gasteiger partial charge in [0.25, 0.3) is 5.91 Å². The van der Waals surface area contributed by atoms with Crippen molar-refractivity contribution in [3.8, 4) is 5.75 Å². The summed E-state index contributed by atoms with van der Waals surface area (Å²) in [4.78, 5) is 14.2. The topological polar surface area (TPSA) is 66.9 Å². The summed E-state index contributed by atoms with van der Waals surface area (Å²) in [5.41, 5.74) is 0.297. The van der Waals surface area contributed by atoms with Crippen LogP contribution in [-0.2, 0) is 10.0 Å². The first kappa shape index (κ1) is 22.5. The number of piperazine rings is 1. The predicted octanol–water partition coefficient (Wildman–Crippen LogP) is 4.46. The summed E-state index contributed by atoms with van der Waals surface area (Å²) in [6.07, 6.45) is 0. The Morgan fingerprint density at radius 1 is 0.931 bits per heavy atom. The zero-order valence-corrected chi connectivity index (χ0v) is 19.0. The first-order valence-electron chi connectivity index (χ1n) is 8.43. The van der Waals surface area contributed by atoms with E-state index in [-0.39, 0.29) is 62.8 Å². The van der Waals surface area contributed by atoms with Crippen LogP contribution in [0.15, 0.2) is 35.2 Å². The number of halogens is 4. The summed E-state index contributed by atoms with van der Waals surface area (Å²) in [6.45, 7) is 0.600. The Morgan fingerprint density at radius 3 is 1.93 bits per heavy atom. The van der Waals surface area contributed by atoms with E-state index in [0.29, 0.717) is 5.56 Å². The van der Waals surface area contributed by atoms with Crippen molar-refractivity contribution in [2.45, 2.75) is 4.90 Å². The van der Waals surface area contributed by atoms with Gasteiger partial charge in [0.05, 0.1) is 27.2 Å². The lowest BCUT2D eigenvalue weighted by Crippen LogP contribution is -2.50. The van der Waals surface area contributed by atoms with Crippen LogP contribution in [0.25, 0.3) is 0 Å². The number of carbonyl (C=O) groups is 1. The number of rotatable bonds is 4. The van der Waals surface area contributed by atoms with Gasteiger partial charge < -0.3 is 9.64 Å². The molecule has 0 atom stereocenters. The largest absolute Gasteiger partial charge is 0.494 e. The molecule has 0 spiro atoms. The molecule has 0 bridgehead atoms. The number of carbonyl (C=O) groups excluding carboxylic acids is 1. The molecule has 1 aliphatic rings. The van der Waals surface area contributed by atoms with Gasteiger partial charge in [-0.1, -0.05) is 52.5 Å². The molecule has 3 rings (SSSR count). The van der Waals surface area contributed by atoms with E-state index in [1.54, 1.807) is 6.07 Å². The Balaban J connectivity index is 1.76. The van der Waals surface area contributed by atoms with E-state index in [1.807, 2.05) is 0 Å². The summed E-state index contributed by atoms with van der Waals surface area (Å²) >= 11 is 24.3. The number of amides is 1. The number of hydrogen-bond acceptors (Lipinski definition) is 4. The van der Waals surface area contributed by atoms with Crippen molar-refractivity contribution < 1.29 is 17.9 Å². The second kappa shape index (κ2) is 8.88. The van der Waals surface area contributed by atoms with Crippen LogP contribution in [0.5, 0.6) is 5.75 Å². The Morgan fingerprint density at radius 2 is 1.45 bits per heavy atom. The highest BCUT2D eigenvalue weighted by molar-refractivity contribution is 7.89. The average molecular weight is 498 g/mol. The van der Waals surface area contributed by atoms with Gasteiger partial charge >= 0.3 is 0 Å². The smallest absolute Gasteiger partial charge is 0.254 e. The predicted molar refractivity (Wildman–Crippen MR) is 114 cm³/mol. The third-order valence-electron chi connectivity index (χ3n) is 4.49. The van der Waals surface area contributed by atoms with Gasteiger partial charge in [-0.25, -0.2) is 8.42 Å². The van der Waals surface area contributed by atoms with Gasteiger partial charge in [0, 0.05) is 31.7 Å². The lowest BCUT2D eigenvalue weighted by molar-refractivity contribution is 0.0698. The number of hydrogen-bond donors (Lipinski definition) is 0. The van der Waals surface area contributed by atoms with Crippen molar-refractivity contribution in [2.75, 3.05) is 33.3 Å². The van der Waals surface area contributed by atoms with E-state index >= 15 is 0 Å². The molecule has 0 radical (unpaired) electrons. The molecule has 1 heterocycles. The van der Waals surface area contributed by atoms with Gasteiger partial charge in [-0.05, 0) is 24.3 Å². The maximum absolute atomic E-state index is 12.9. The summed E-state index contributed by atoms with van der Waals surface area (Å²) < 4.78 is 32.2. The van der Waals surface area contributed by atoms with Crippen LogP contribution in [-0.4, -0.2) is 56.8 Å². The fourth-order valence-electron chi connectivity index (χ4n) is 3.05. The average Bonchev–Trinajstić information content (AvgIpc) is 2.67. The lowest BCUT2D eigenvalue weighted by Gasteiger charge is -2.34. The molecule has 0 unspecified atom stereocenters. The van der Waals surface area contributed by atoms with Crippen LogP contribution >= 0.6 is 46.4 Å². The van der Waals surface area contributed by atoms with E-state index in [0.717, 1.165) is 0 Å². The van der Waals surface area contributed by atoms with Crippen LogP contribution in [0.4, 0.5) is 0 Å². The van der Waals surface area contributed by atoms with Crippen LogP contribution in [0, 0.1) is 0 Å². The number of nitrogens with zero attached hydrogens (tertiary/aromatic N) is 2. The summed E-state index contributed by atoms with van der Waals surface area (Å²) in [5.74, 6) is -0.0123. The molecular weight excluding hydrogens is 482 g/mol. The molecule has 0 aromatic heterocycles. The van der Waals surface area contributed by atoms with Crippen molar-refractivity contribution in [1.82, 2.24) is 9.21 Å². The monoisotopic (exact) mass is 496 g/mol. The minimum Gasteiger partial charge on any atom is -0.494 e. The van der Waals surface area contributed by atoms with Crippen LogP contribution in [0.3, 0.4) is 0 Å². The normalized spacial score (nSPS) is 15.4. The zero-order valence-electron chi connectivity index (χ0n) is 15.2. The van der Waals surface area contributed by atoms with Gasteiger partial charge in [0.15, 0.2) is 5.75 Å². The molecule has 1 amide bonds. The first-order valence-corrected chi connectivity index (χ1v) is 11.4. The van der Waals surface area contributed by atoms with Gasteiger partial charge in [-0.2, -0.15) is 4.31 Å². The Bertz CT molecular complexity index is 1010. The number of methoxy groups -OCH3 is 1. The van der Waals surface area contributed by atoms with E-state index in [4.69, 9.17) is 51.1 Å². The molecule has 156 valence electrons. The standard InChI is InChI=1S/C18H16Cl4N2O4S/c1-28-16-14(21)9-11(10-15(16)22)18(25)23-5-7-24(8-6-23)29(26,27)17-12(19)3-2-4-13(17)20/h2-4,9-10H,5-8H2,1H3. The molecule has 29 heavy (non-hydrogen) atoms. The first-order chi connectivity index (χ1) is 13.7. The zero-order chi connectivity index (χ0) is 21.3. The van der Waals surface area contributed by atoms with Crippen molar-refractivity contribution >= 4 is 62.3 Å². The molecule has 2 aromatic carbocycles. The Hall–Kier alpha value is -1.22. The summed E-state index contributed by atoms with van der Waals surface area (Å²) in [5, 5.41) is 0.549. The molecule has 6 nitrogen and oxygen atoms in total.